The van der Waals surface area contributed by atoms with Crippen LogP contribution in [-0.4, -0.2) is 15.2 Å². The van der Waals surface area contributed by atoms with Gasteiger partial charge in [-0.05, 0) is 6.42 Å². The molecule has 0 unspecified atom stereocenters. The largest absolute Gasteiger partial charge is 0.480 e. The fraction of sp³-hybridized carbons (Fsp3) is 0.929. The van der Waals surface area contributed by atoms with Crippen LogP contribution in [-0.2, 0) is 4.79 Å². The molecular weight excluding hydrogens is 264 g/mol. The quantitative estimate of drug-likeness (QED) is 0.271. The third kappa shape index (κ3) is 10.1. The number of unbranched alkanes of at least 4 members (excludes halogenated alkanes) is 9. The maximum Gasteiger partial charge on any atom is 0.329 e. The monoisotopic (exact) mass is 292 g/mol. The Bertz CT molecular complexity index is 218. The van der Waals surface area contributed by atoms with Crippen molar-refractivity contribution in [2.24, 2.45) is 0 Å². The van der Waals surface area contributed by atoms with Gasteiger partial charge in [0, 0.05) is 0 Å². The molecule has 0 aliphatic heterocycles. The van der Waals surface area contributed by atoms with Gasteiger partial charge in [-0.2, -0.15) is 25.3 Å². The van der Waals surface area contributed by atoms with E-state index >= 15 is 0 Å². The first-order chi connectivity index (χ1) is 8.50. The van der Waals surface area contributed by atoms with Gasteiger partial charge in [-0.15, -0.1) is 0 Å². The van der Waals surface area contributed by atoms with Gasteiger partial charge in [0.2, 0.25) is 0 Å². The van der Waals surface area contributed by atoms with Crippen molar-refractivity contribution in [1.82, 2.24) is 0 Å². The number of thiol groups is 2. The van der Waals surface area contributed by atoms with E-state index in [1.165, 1.54) is 51.4 Å². The van der Waals surface area contributed by atoms with Crippen molar-refractivity contribution in [3.63, 3.8) is 0 Å². The Morgan fingerprint density at radius 1 is 0.889 bits per heavy atom. The van der Waals surface area contributed by atoms with Crippen LogP contribution in [0.4, 0.5) is 0 Å². The molecule has 108 valence electrons. The highest BCUT2D eigenvalue weighted by molar-refractivity contribution is 8.01. The molecule has 0 aliphatic carbocycles. The molecule has 0 bridgehead atoms. The molecule has 0 fully saturated rings. The molecule has 0 saturated heterocycles. The van der Waals surface area contributed by atoms with Crippen molar-refractivity contribution in [2.75, 3.05) is 0 Å². The van der Waals surface area contributed by atoms with E-state index in [4.69, 9.17) is 5.11 Å². The third-order valence-corrected chi connectivity index (χ3v) is 4.05. The van der Waals surface area contributed by atoms with E-state index in [1.54, 1.807) is 0 Å². The molecule has 0 rings (SSSR count). The van der Waals surface area contributed by atoms with Gasteiger partial charge >= 0.3 is 5.97 Å². The van der Waals surface area contributed by atoms with Gasteiger partial charge in [0.15, 0.2) is 4.08 Å². The molecule has 2 nitrogen and oxygen atoms in total. The smallest absolute Gasteiger partial charge is 0.329 e. The minimum atomic E-state index is -1.15. The molecule has 0 aromatic carbocycles. The van der Waals surface area contributed by atoms with Crippen LogP contribution in [0.15, 0.2) is 0 Å². The second-order valence-electron chi connectivity index (χ2n) is 5.05. The number of aliphatic carboxylic acids is 1. The number of carboxylic acid groups (broad SMARTS) is 1. The van der Waals surface area contributed by atoms with Gasteiger partial charge < -0.3 is 5.11 Å². The topological polar surface area (TPSA) is 37.3 Å². The number of hydrogen-bond donors (Lipinski definition) is 3. The molecule has 0 amide bonds. The highest BCUT2D eigenvalue weighted by atomic mass is 32.2. The number of rotatable bonds is 12. The zero-order valence-corrected chi connectivity index (χ0v) is 13.3. The summed E-state index contributed by atoms with van der Waals surface area (Å²) in [6.07, 6.45) is 13.1. The lowest BCUT2D eigenvalue weighted by Crippen LogP contribution is -2.25. The summed E-state index contributed by atoms with van der Waals surface area (Å²) in [6, 6.07) is 0. The number of carbonyl (C=O) groups is 1. The normalized spacial score (nSPS) is 11.7. The lowest BCUT2D eigenvalue weighted by atomic mass is 10.1. The van der Waals surface area contributed by atoms with E-state index in [1.807, 2.05) is 0 Å². The van der Waals surface area contributed by atoms with Crippen LogP contribution in [0, 0.1) is 0 Å². The van der Waals surface area contributed by atoms with Crippen molar-refractivity contribution in [3.8, 4) is 0 Å². The average Bonchev–Trinajstić information content (AvgIpc) is 2.31. The van der Waals surface area contributed by atoms with Gasteiger partial charge in [0.25, 0.3) is 0 Å². The second-order valence-corrected chi connectivity index (χ2v) is 6.93. The van der Waals surface area contributed by atoms with Crippen molar-refractivity contribution in [2.45, 2.75) is 81.6 Å². The zero-order valence-electron chi connectivity index (χ0n) is 11.5. The number of hydrogen-bond acceptors (Lipinski definition) is 3. The minimum Gasteiger partial charge on any atom is -0.480 e. The predicted octanol–water partition coefficient (Wildman–Crippen LogP) is 4.94. The maximum atomic E-state index is 10.8. The molecule has 0 atom stereocenters. The van der Waals surface area contributed by atoms with Crippen molar-refractivity contribution in [3.05, 3.63) is 0 Å². The molecule has 0 heterocycles. The summed E-state index contributed by atoms with van der Waals surface area (Å²) < 4.78 is -1.15. The summed E-state index contributed by atoms with van der Waals surface area (Å²) in [5, 5.41) is 8.83. The van der Waals surface area contributed by atoms with E-state index in [9.17, 15) is 4.79 Å². The van der Waals surface area contributed by atoms with Crippen LogP contribution < -0.4 is 0 Å². The lowest BCUT2D eigenvalue weighted by Gasteiger charge is -2.16. The number of carboxylic acids is 1. The van der Waals surface area contributed by atoms with Crippen molar-refractivity contribution in [1.29, 1.82) is 0 Å². The summed E-state index contributed by atoms with van der Waals surface area (Å²) in [6.45, 7) is 2.24. The summed E-state index contributed by atoms with van der Waals surface area (Å²) in [4.78, 5) is 10.8. The molecule has 1 N–H and O–H groups in total. The Morgan fingerprint density at radius 3 is 1.67 bits per heavy atom. The fourth-order valence-corrected chi connectivity index (χ4v) is 2.28. The van der Waals surface area contributed by atoms with E-state index in [2.05, 4.69) is 32.2 Å². The van der Waals surface area contributed by atoms with Crippen LogP contribution in [0.1, 0.15) is 77.6 Å². The molecule has 0 aromatic rings. The highest BCUT2D eigenvalue weighted by Gasteiger charge is 2.28. The van der Waals surface area contributed by atoms with Crippen LogP contribution in [0.25, 0.3) is 0 Å². The predicted molar refractivity (Wildman–Crippen MR) is 84.8 cm³/mol. The third-order valence-electron chi connectivity index (χ3n) is 3.22. The van der Waals surface area contributed by atoms with E-state index in [0.717, 1.165) is 12.8 Å². The van der Waals surface area contributed by atoms with Crippen molar-refractivity contribution >= 4 is 31.2 Å². The Hall–Kier alpha value is 0.170. The zero-order chi connectivity index (χ0) is 13.9. The van der Waals surface area contributed by atoms with Gasteiger partial charge in [0.1, 0.15) is 0 Å². The van der Waals surface area contributed by atoms with Gasteiger partial charge in [0.05, 0.1) is 0 Å². The molecule has 18 heavy (non-hydrogen) atoms. The molecule has 0 radical (unpaired) electrons. The first-order valence-electron chi connectivity index (χ1n) is 7.19. The summed E-state index contributed by atoms with van der Waals surface area (Å²) in [7, 11) is 0. The lowest BCUT2D eigenvalue weighted by molar-refractivity contribution is -0.137. The molecular formula is C14H28O2S2. The standard InChI is InChI=1S/C14H28O2S2/c1-2-3-4-5-6-7-8-9-10-11-12-14(17,18)13(15)16/h17-18H,2-12H2,1H3,(H,15,16). The van der Waals surface area contributed by atoms with Crippen molar-refractivity contribution < 1.29 is 9.90 Å². The summed E-state index contributed by atoms with van der Waals surface area (Å²) >= 11 is 8.07. The van der Waals surface area contributed by atoms with Crippen LogP contribution >= 0.6 is 25.3 Å². The molecule has 0 spiro atoms. The second kappa shape index (κ2) is 11.0. The highest BCUT2D eigenvalue weighted by Crippen LogP contribution is 2.27. The Morgan fingerprint density at radius 2 is 1.28 bits per heavy atom. The summed E-state index contributed by atoms with van der Waals surface area (Å²) in [5.41, 5.74) is 0. The van der Waals surface area contributed by atoms with Gasteiger partial charge in [-0.1, -0.05) is 71.1 Å². The first kappa shape index (κ1) is 18.2. The van der Waals surface area contributed by atoms with E-state index in [-0.39, 0.29) is 0 Å². The average molecular weight is 293 g/mol. The molecule has 0 aromatic heterocycles. The Labute approximate surface area is 123 Å². The van der Waals surface area contributed by atoms with Gasteiger partial charge in [-0.25, -0.2) is 4.79 Å². The van der Waals surface area contributed by atoms with Crippen LogP contribution in [0.5, 0.6) is 0 Å². The molecule has 4 heteroatoms. The summed E-state index contributed by atoms with van der Waals surface area (Å²) in [5.74, 6) is -0.940. The SMILES string of the molecule is CCCCCCCCCCCCC(S)(S)C(=O)O. The van der Waals surface area contributed by atoms with Gasteiger partial charge in [-0.3, -0.25) is 0 Å². The van der Waals surface area contributed by atoms with E-state index < -0.39 is 10.0 Å². The fourth-order valence-electron chi connectivity index (χ4n) is 1.97. The molecule has 0 aliphatic rings. The van der Waals surface area contributed by atoms with Crippen LogP contribution in [0.3, 0.4) is 0 Å². The molecule has 0 saturated carbocycles. The van der Waals surface area contributed by atoms with E-state index in [0.29, 0.717) is 6.42 Å². The first-order valence-corrected chi connectivity index (χ1v) is 8.08. The minimum absolute atomic E-state index is 0.533. The Balaban J connectivity index is 3.24. The Kier molecular flexibility index (Phi) is 11.1. The maximum absolute atomic E-state index is 10.8. The van der Waals surface area contributed by atoms with Crippen LogP contribution in [0.2, 0.25) is 0 Å².